The third-order valence-electron chi connectivity index (χ3n) is 7.23. The van der Waals surface area contributed by atoms with Gasteiger partial charge in [-0.3, -0.25) is 0 Å². The van der Waals surface area contributed by atoms with Gasteiger partial charge in [-0.1, -0.05) is 18.5 Å². The fourth-order valence-electron chi connectivity index (χ4n) is 4.82. The topological polar surface area (TPSA) is 80.3 Å². The number of halogens is 2. The van der Waals surface area contributed by atoms with Crippen LogP contribution in [0.5, 0.6) is 0 Å². The van der Waals surface area contributed by atoms with Gasteiger partial charge in [0.1, 0.15) is 5.82 Å². The first-order valence-corrected chi connectivity index (χ1v) is 13.0. The van der Waals surface area contributed by atoms with Gasteiger partial charge in [-0.25, -0.2) is 9.97 Å². The van der Waals surface area contributed by atoms with E-state index >= 15 is 0 Å². The molecule has 1 saturated carbocycles. The van der Waals surface area contributed by atoms with E-state index in [1.807, 2.05) is 6.07 Å². The largest absolute Gasteiger partial charge is 0.383 e. The highest BCUT2D eigenvalue weighted by molar-refractivity contribution is 6.33. The predicted octanol–water partition coefficient (Wildman–Crippen LogP) is 5.12. The summed E-state index contributed by atoms with van der Waals surface area (Å²) < 4.78 is 25.1. The summed E-state index contributed by atoms with van der Waals surface area (Å²) in [5.41, 5.74) is 2.00. The van der Waals surface area contributed by atoms with Crippen LogP contribution >= 0.6 is 11.6 Å². The molecule has 9 heteroatoms. The van der Waals surface area contributed by atoms with Crippen LogP contribution in [0.2, 0.25) is 5.02 Å². The Morgan fingerprint density at radius 3 is 2.60 bits per heavy atom. The second kappa shape index (κ2) is 12.3. The highest BCUT2D eigenvalue weighted by atomic mass is 35.5. The number of rotatable bonds is 10. The van der Waals surface area contributed by atoms with Crippen LogP contribution in [0.1, 0.15) is 45.4 Å². The molecule has 2 fully saturated rings. The predicted molar refractivity (Wildman–Crippen MR) is 139 cm³/mol. The number of pyridine rings is 2. The summed E-state index contributed by atoms with van der Waals surface area (Å²) >= 11 is 6.50. The first-order valence-electron chi connectivity index (χ1n) is 12.6. The van der Waals surface area contributed by atoms with Gasteiger partial charge >= 0.3 is 0 Å². The zero-order valence-electron chi connectivity index (χ0n) is 20.7. The number of nitrogens with one attached hydrogen (secondary N) is 3. The monoisotopic (exact) mass is 505 g/mol. The maximum absolute atomic E-state index is 14.5. The van der Waals surface area contributed by atoms with E-state index < -0.39 is 5.95 Å². The van der Waals surface area contributed by atoms with Crippen molar-refractivity contribution in [1.29, 1.82) is 0 Å². The summed E-state index contributed by atoms with van der Waals surface area (Å²) in [7, 11) is 1.72. The van der Waals surface area contributed by atoms with E-state index in [0.29, 0.717) is 29.3 Å². The molecule has 1 aliphatic carbocycles. The molecule has 1 aliphatic heterocycles. The lowest BCUT2D eigenvalue weighted by atomic mass is 9.82. The minimum atomic E-state index is -0.510. The van der Waals surface area contributed by atoms with Crippen LogP contribution in [0.3, 0.4) is 0 Å². The Bertz CT molecular complexity index is 965. The Labute approximate surface area is 212 Å². The quantitative estimate of drug-likeness (QED) is 0.305. The van der Waals surface area contributed by atoms with E-state index in [2.05, 4.69) is 32.8 Å². The molecule has 3 N–H and O–H groups in total. The summed E-state index contributed by atoms with van der Waals surface area (Å²) in [5.74, 6) is 0.262. The number of hydrogen-bond donors (Lipinski definition) is 3. The van der Waals surface area contributed by atoms with Crippen molar-refractivity contribution in [2.45, 2.75) is 57.5 Å². The first-order chi connectivity index (χ1) is 17.0. The van der Waals surface area contributed by atoms with Crippen LogP contribution in [0.4, 0.5) is 15.9 Å². The molecule has 0 spiro atoms. The van der Waals surface area contributed by atoms with Crippen molar-refractivity contribution in [3.05, 3.63) is 35.5 Å². The van der Waals surface area contributed by atoms with Crippen molar-refractivity contribution in [3.63, 3.8) is 0 Å². The second-order valence-corrected chi connectivity index (χ2v) is 10.4. The van der Waals surface area contributed by atoms with Crippen molar-refractivity contribution in [2.75, 3.05) is 50.7 Å². The maximum atomic E-state index is 14.5. The Kier molecular flexibility index (Phi) is 9.16. The smallest absolute Gasteiger partial charge is 0.236 e. The van der Waals surface area contributed by atoms with Gasteiger partial charge in [0, 0.05) is 69.0 Å². The third kappa shape index (κ3) is 7.26. The van der Waals surface area contributed by atoms with Gasteiger partial charge in [0.25, 0.3) is 0 Å². The number of hydrogen-bond acceptors (Lipinski definition) is 7. The Morgan fingerprint density at radius 1 is 1.11 bits per heavy atom. The first kappa shape index (κ1) is 26.1. The lowest BCUT2D eigenvalue weighted by Crippen LogP contribution is -2.38. The SMILES string of the molecule is COCCN[C@H]1CC[C@H](Nc2cc(-c3cnc(F)c(NCC4(C)CCOCC4)c3)c(Cl)cn2)CC1. The molecule has 0 bridgehead atoms. The lowest BCUT2D eigenvalue weighted by Gasteiger charge is -2.33. The summed E-state index contributed by atoms with van der Waals surface area (Å²) in [5, 5.41) is 10.9. The summed E-state index contributed by atoms with van der Waals surface area (Å²) in [6, 6.07) is 4.62. The average molecular weight is 506 g/mol. The third-order valence-corrected chi connectivity index (χ3v) is 7.53. The van der Waals surface area contributed by atoms with Gasteiger partial charge in [-0.15, -0.1) is 0 Å². The molecule has 0 amide bonds. The molecule has 2 aromatic rings. The summed E-state index contributed by atoms with van der Waals surface area (Å²) in [6.45, 7) is 5.98. The lowest BCUT2D eigenvalue weighted by molar-refractivity contribution is 0.0300. The van der Waals surface area contributed by atoms with E-state index in [4.69, 9.17) is 21.1 Å². The number of anilines is 2. The number of aromatic nitrogens is 2. The van der Waals surface area contributed by atoms with Gasteiger partial charge in [-0.05, 0) is 56.1 Å². The fraction of sp³-hybridized carbons (Fsp3) is 0.615. The normalized spacial score (nSPS) is 22.1. The Balaban J connectivity index is 1.40. The van der Waals surface area contributed by atoms with Gasteiger partial charge in [0.15, 0.2) is 0 Å². The van der Waals surface area contributed by atoms with E-state index in [9.17, 15) is 4.39 Å². The molecular formula is C26H37ClFN5O2. The molecule has 1 saturated heterocycles. The van der Waals surface area contributed by atoms with E-state index in [0.717, 1.165) is 81.8 Å². The Morgan fingerprint density at radius 2 is 1.86 bits per heavy atom. The van der Waals surface area contributed by atoms with Crippen molar-refractivity contribution < 1.29 is 13.9 Å². The molecule has 192 valence electrons. The van der Waals surface area contributed by atoms with Gasteiger partial charge in [-0.2, -0.15) is 4.39 Å². The van der Waals surface area contributed by atoms with Crippen molar-refractivity contribution >= 4 is 23.1 Å². The van der Waals surface area contributed by atoms with E-state index in [-0.39, 0.29) is 5.41 Å². The molecule has 35 heavy (non-hydrogen) atoms. The van der Waals surface area contributed by atoms with Crippen LogP contribution in [0, 0.1) is 11.4 Å². The standard InChI is InChI=1S/C26H37ClFN5O2/c1-26(7-10-35-11-8-26)17-32-23-13-18(15-31-25(23)28)21-14-24(30-16-22(21)27)33-20-5-3-19(4-6-20)29-9-12-34-2/h13-16,19-20,29,32H,3-12,17H2,1-2H3,(H,30,33)/t19-,20-. The fourth-order valence-corrected chi connectivity index (χ4v) is 5.04. The van der Waals surface area contributed by atoms with Gasteiger partial charge in [0.2, 0.25) is 5.95 Å². The molecule has 2 aliphatic rings. The molecule has 2 aromatic heterocycles. The van der Waals surface area contributed by atoms with Gasteiger partial charge < -0.3 is 25.4 Å². The Hall–Kier alpha value is -2.00. The molecule has 0 atom stereocenters. The molecule has 7 nitrogen and oxygen atoms in total. The average Bonchev–Trinajstić information content (AvgIpc) is 2.86. The van der Waals surface area contributed by atoms with E-state index in [1.165, 1.54) is 6.20 Å². The molecule has 0 radical (unpaired) electrons. The number of ether oxygens (including phenoxy) is 2. The molecular weight excluding hydrogens is 469 g/mol. The number of nitrogens with zero attached hydrogens (tertiary/aromatic N) is 2. The van der Waals surface area contributed by atoms with Crippen LogP contribution in [0.25, 0.3) is 11.1 Å². The van der Waals surface area contributed by atoms with Crippen molar-refractivity contribution in [3.8, 4) is 11.1 Å². The van der Waals surface area contributed by atoms with Crippen molar-refractivity contribution in [2.24, 2.45) is 5.41 Å². The van der Waals surface area contributed by atoms with E-state index in [1.54, 1.807) is 19.4 Å². The van der Waals surface area contributed by atoms with Crippen LogP contribution < -0.4 is 16.0 Å². The summed E-state index contributed by atoms with van der Waals surface area (Å²) in [4.78, 5) is 8.49. The van der Waals surface area contributed by atoms with Crippen LogP contribution in [-0.2, 0) is 9.47 Å². The summed E-state index contributed by atoms with van der Waals surface area (Å²) in [6.07, 6.45) is 9.44. The van der Waals surface area contributed by atoms with Crippen molar-refractivity contribution in [1.82, 2.24) is 15.3 Å². The maximum Gasteiger partial charge on any atom is 0.236 e. The minimum Gasteiger partial charge on any atom is -0.383 e. The number of methoxy groups -OCH3 is 1. The molecule has 3 heterocycles. The zero-order valence-corrected chi connectivity index (χ0v) is 21.5. The second-order valence-electron chi connectivity index (χ2n) is 10.0. The minimum absolute atomic E-state index is 0.0738. The molecule has 4 rings (SSSR count). The van der Waals surface area contributed by atoms with Crippen LogP contribution in [-0.4, -0.2) is 62.1 Å². The highest BCUT2D eigenvalue weighted by Crippen LogP contribution is 2.34. The van der Waals surface area contributed by atoms with Crippen LogP contribution in [0.15, 0.2) is 24.5 Å². The molecule has 0 aromatic carbocycles. The van der Waals surface area contributed by atoms with Gasteiger partial charge in [0.05, 0.1) is 17.3 Å². The zero-order chi connectivity index (χ0) is 24.7. The highest BCUT2D eigenvalue weighted by Gasteiger charge is 2.27. The molecule has 0 unspecified atom stereocenters.